The van der Waals surface area contributed by atoms with Crippen LogP contribution < -0.4 is 0 Å². The molecule has 0 spiro atoms. The van der Waals surface area contributed by atoms with E-state index in [2.05, 4.69) is 9.05 Å². The fourth-order valence-electron chi connectivity index (χ4n) is 0.236. The summed E-state index contributed by atoms with van der Waals surface area (Å²) in [7, 11) is -2.23. The molecule has 1 aliphatic rings. The van der Waals surface area contributed by atoms with Crippen LogP contribution in [-0.2, 0) is 13.6 Å². The molecule has 4 nitrogen and oxygen atoms in total. The molecule has 0 bridgehead atoms. The molecule has 1 saturated heterocycles. The van der Waals surface area contributed by atoms with Crippen LogP contribution in [0.4, 0.5) is 0 Å². The minimum atomic E-state index is -2.23. The molecule has 0 amide bonds. The third-order valence-electron chi connectivity index (χ3n) is 0.512. The highest BCUT2D eigenvalue weighted by Crippen LogP contribution is 2.38. The molecule has 7 heavy (non-hydrogen) atoms. The molecular formula is C2H2NO3P. The van der Waals surface area contributed by atoms with Crippen LogP contribution in [0, 0.1) is 11.3 Å². The van der Waals surface area contributed by atoms with E-state index < -0.39 is 14.5 Å². The van der Waals surface area contributed by atoms with Gasteiger partial charge in [-0.1, -0.05) is 0 Å². The SMILES string of the molecule is N#CC1O[PH](=O)O1. The van der Waals surface area contributed by atoms with Gasteiger partial charge in [0, 0.05) is 0 Å². The molecule has 0 unspecified atom stereocenters. The Balaban J connectivity index is 2.34. The zero-order chi connectivity index (χ0) is 5.28. The highest BCUT2D eigenvalue weighted by atomic mass is 31.1. The van der Waals surface area contributed by atoms with Gasteiger partial charge < -0.3 is 0 Å². The normalized spacial score (nSPS) is 38.7. The molecule has 0 aromatic carbocycles. The lowest BCUT2D eigenvalue weighted by Gasteiger charge is -2.17. The molecule has 5 heteroatoms. The van der Waals surface area contributed by atoms with Crippen molar-refractivity contribution in [3.8, 4) is 6.07 Å². The standard InChI is InChI=1S/C2H2NO3P/c3-1-2-5-7(4)6-2/h2,7H. The Kier molecular flexibility index (Phi) is 1.11. The fraction of sp³-hybridized carbons (Fsp3) is 0.500. The lowest BCUT2D eigenvalue weighted by atomic mass is 10.8. The molecule has 38 valence electrons. The molecule has 0 saturated carbocycles. The molecule has 0 aromatic heterocycles. The van der Waals surface area contributed by atoms with E-state index in [1.807, 2.05) is 0 Å². The lowest BCUT2D eigenvalue weighted by molar-refractivity contribution is -0.0336. The van der Waals surface area contributed by atoms with Crippen LogP contribution in [-0.4, -0.2) is 6.29 Å². The Bertz CT molecular complexity index is 130. The first-order chi connectivity index (χ1) is 3.33. The molecule has 0 aromatic rings. The Morgan fingerprint density at radius 1 is 1.71 bits per heavy atom. The van der Waals surface area contributed by atoms with Gasteiger partial charge in [-0.3, -0.25) is 13.6 Å². The summed E-state index contributed by atoms with van der Waals surface area (Å²) >= 11 is 0. The van der Waals surface area contributed by atoms with Crippen LogP contribution in [0.5, 0.6) is 0 Å². The maximum Gasteiger partial charge on any atom is 0.325 e. The Labute approximate surface area is 40.6 Å². The van der Waals surface area contributed by atoms with Crippen molar-refractivity contribution in [3.63, 3.8) is 0 Å². The summed E-state index contributed by atoms with van der Waals surface area (Å²) in [6.07, 6.45) is -0.869. The van der Waals surface area contributed by atoms with Gasteiger partial charge in [-0.25, -0.2) is 0 Å². The molecule has 1 aliphatic heterocycles. The zero-order valence-corrected chi connectivity index (χ0v) is 4.25. The zero-order valence-electron chi connectivity index (χ0n) is 3.25. The first-order valence-electron chi connectivity index (χ1n) is 1.60. The van der Waals surface area contributed by atoms with Crippen molar-refractivity contribution in [2.45, 2.75) is 6.29 Å². The van der Waals surface area contributed by atoms with Gasteiger partial charge in [0.15, 0.2) is 0 Å². The quantitative estimate of drug-likeness (QED) is 0.429. The van der Waals surface area contributed by atoms with Crippen molar-refractivity contribution in [2.24, 2.45) is 0 Å². The van der Waals surface area contributed by atoms with Gasteiger partial charge in [0.05, 0.1) is 0 Å². The lowest BCUT2D eigenvalue weighted by Crippen LogP contribution is -2.16. The number of nitriles is 1. The molecule has 0 N–H and O–H groups in total. The minimum absolute atomic E-state index is 0.869. The second-order valence-electron chi connectivity index (χ2n) is 0.947. The first-order valence-corrected chi connectivity index (χ1v) is 2.82. The topological polar surface area (TPSA) is 59.3 Å². The summed E-state index contributed by atoms with van der Waals surface area (Å²) in [5.41, 5.74) is 0. The predicted molar refractivity (Wildman–Crippen MR) is 20.6 cm³/mol. The van der Waals surface area contributed by atoms with Gasteiger partial charge in [0.1, 0.15) is 6.07 Å². The molecule has 1 rings (SSSR count). The van der Waals surface area contributed by atoms with Crippen LogP contribution in [0.3, 0.4) is 0 Å². The van der Waals surface area contributed by atoms with E-state index in [0.717, 1.165) is 0 Å². The van der Waals surface area contributed by atoms with Crippen molar-refractivity contribution in [1.29, 1.82) is 5.26 Å². The van der Waals surface area contributed by atoms with Gasteiger partial charge in [-0.2, -0.15) is 5.26 Å². The number of hydrogen-bond acceptors (Lipinski definition) is 4. The highest BCUT2D eigenvalue weighted by molar-refractivity contribution is 7.34. The van der Waals surface area contributed by atoms with Crippen molar-refractivity contribution >= 4 is 8.25 Å². The Hall–Kier alpha value is -0.360. The molecule has 1 fully saturated rings. The number of hydrogen-bond donors (Lipinski definition) is 0. The van der Waals surface area contributed by atoms with E-state index in [1.165, 1.54) is 0 Å². The summed E-state index contributed by atoms with van der Waals surface area (Å²) in [6.45, 7) is 0. The maximum atomic E-state index is 9.86. The van der Waals surface area contributed by atoms with Crippen molar-refractivity contribution in [2.75, 3.05) is 0 Å². The van der Waals surface area contributed by atoms with Gasteiger partial charge in [0.25, 0.3) is 6.29 Å². The molecule has 1 heterocycles. The summed E-state index contributed by atoms with van der Waals surface area (Å²) in [5, 5.41) is 7.88. The van der Waals surface area contributed by atoms with E-state index in [4.69, 9.17) is 5.26 Å². The first kappa shape index (κ1) is 4.79. The van der Waals surface area contributed by atoms with Crippen LogP contribution in [0.25, 0.3) is 0 Å². The molecular weight excluding hydrogens is 117 g/mol. The van der Waals surface area contributed by atoms with Crippen molar-refractivity contribution in [1.82, 2.24) is 0 Å². The average molecular weight is 119 g/mol. The van der Waals surface area contributed by atoms with Crippen LogP contribution in [0.1, 0.15) is 0 Å². The summed E-state index contributed by atoms with van der Waals surface area (Å²) in [4.78, 5) is 0. The van der Waals surface area contributed by atoms with Crippen LogP contribution in [0.15, 0.2) is 0 Å². The Morgan fingerprint density at radius 3 is 2.43 bits per heavy atom. The Morgan fingerprint density at radius 2 is 2.29 bits per heavy atom. The number of rotatable bonds is 0. The van der Waals surface area contributed by atoms with Gasteiger partial charge in [-0.05, 0) is 0 Å². The predicted octanol–water partition coefficient (Wildman–Crippen LogP) is 0.273. The van der Waals surface area contributed by atoms with Crippen LogP contribution >= 0.6 is 8.25 Å². The third kappa shape index (κ3) is 0.804. The van der Waals surface area contributed by atoms with Gasteiger partial charge >= 0.3 is 8.25 Å². The third-order valence-corrected chi connectivity index (χ3v) is 1.32. The van der Waals surface area contributed by atoms with Crippen LogP contribution in [0.2, 0.25) is 0 Å². The number of nitrogens with zero attached hydrogens (tertiary/aromatic N) is 1. The molecule has 0 radical (unpaired) electrons. The smallest absolute Gasteiger partial charge is 0.265 e. The van der Waals surface area contributed by atoms with E-state index >= 15 is 0 Å². The highest BCUT2D eigenvalue weighted by Gasteiger charge is 2.25. The van der Waals surface area contributed by atoms with Crippen molar-refractivity contribution in [3.05, 3.63) is 0 Å². The summed E-state index contributed by atoms with van der Waals surface area (Å²) in [6, 6.07) is 1.61. The van der Waals surface area contributed by atoms with E-state index in [-0.39, 0.29) is 0 Å². The molecule has 0 aliphatic carbocycles. The largest absolute Gasteiger partial charge is 0.325 e. The van der Waals surface area contributed by atoms with E-state index in [1.54, 1.807) is 6.07 Å². The minimum Gasteiger partial charge on any atom is -0.265 e. The monoisotopic (exact) mass is 119 g/mol. The second kappa shape index (κ2) is 1.63. The fourth-order valence-corrected chi connectivity index (χ4v) is 0.709. The summed E-state index contributed by atoms with van der Waals surface area (Å²) < 4.78 is 18.4. The van der Waals surface area contributed by atoms with E-state index in [9.17, 15) is 4.57 Å². The van der Waals surface area contributed by atoms with Crippen molar-refractivity contribution < 1.29 is 13.6 Å². The maximum absolute atomic E-state index is 9.86. The molecule has 0 atom stereocenters. The van der Waals surface area contributed by atoms with Gasteiger partial charge in [0.2, 0.25) is 0 Å². The van der Waals surface area contributed by atoms with Gasteiger partial charge in [-0.15, -0.1) is 0 Å². The average Bonchev–Trinajstić information content (AvgIpc) is 1.58. The second-order valence-corrected chi connectivity index (χ2v) is 1.92. The summed E-state index contributed by atoms with van der Waals surface area (Å²) in [5.74, 6) is 0. The van der Waals surface area contributed by atoms with E-state index in [0.29, 0.717) is 0 Å².